The van der Waals surface area contributed by atoms with Gasteiger partial charge in [0.25, 0.3) is 0 Å². The molecular formula is C16H34N2O. The first-order chi connectivity index (χ1) is 9.08. The molecule has 1 aliphatic rings. The first kappa shape index (κ1) is 16.9. The Labute approximate surface area is 120 Å². The van der Waals surface area contributed by atoms with Crippen molar-refractivity contribution in [2.75, 3.05) is 39.9 Å². The second-order valence-electron chi connectivity index (χ2n) is 6.65. The van der Waals surface area contributed by atoms with Crippen LogP contribution in [0.2, 0.25) is 0 Å². The van der Waals surface area contributed by atoms with E-state index in [-0.39, 0.29) is 0 Å². The normalized spacial score (nSPS) is 17.4. The molecule has 3 nitrogen and oxygen atoms in total. The number of nitrogens with zero attached hydrogens (tertiary/aromatic N) is 1. The van der Waals surface area contributed by atoms with Crippen molar-refractivity contribution in [3.63, 3.8) is 0 Å². The van der Waals surface area contributed by atoms with Gasteiger partial charge in [0.1, 0.15) is 0 Å². The smallest absolute Gasteiger partial charge is 0.0593 e. The molecular weight excluding hydrogens is 236 g/mol. The topological polar surface area (TPSA) is 24.5 Å². The van der Waals surface area contributed by atoms with Gasteiger partial charge in [-0.25, -0.2) is 0 Å². The molecule has 1 atom stereocenters. The van der Waals surface area contributed by atoms with Gasteiger partial charge in [0, 0.05) is 32.3 Å². The van der Waals surface area contributed by atoms with E-state index in [1.165, 1.54) is 25.7 Å². The fourth-order valence-electron chi connectivity index (χ4n) is 2.05. The van der Waals surface area contributed by atoms with Gasteiger partial charge in [-0.15, -0.1) is 0 Å². The Morgan fingerprint density at radius 2 is 1.89 bits per heavy atom. The number of rotatable bonds is 12. The summed E-state index contributed by atoms with van der Waals surface area (Å²) in [7, 11) is 2.18. The molecule has 1 aliphatic carbocycles. The Morgan fingerprint density at radius 3 is 2.53 bits per heavy atom. The molecule has 0 aliphatic heterocycles. The number of ether oxygens (including phenoxy) is 1. The van der Waals surface area contributed by atoms with E-state index >= 15 is 0 Å². The Balaban J connectivity index is 1.86. The van der Waals surface area contributed by atoms with Gasteiger partial charge >= 0.3 is 0 Å². The first-order valence-corrected chi connectivity index (χ1v) is 8.07. The van der Waals surface area contributed by atoms with Crippen LogP contribution in [0.3, 0.4) is 0 Å². The van der Waals surface area contributed by atoms with E-state index in [2.05, 4.69) is 38.0 Å². The summed E-state index contributed by atoms with van der Waals surface area (Å²) in [6.45, 7) is 12.0. The van der Waals surface area contributed by atoms with Gasteiger partial charge in [-0.05, 0) is 51.5 Å². The third-order valence-electron chi connectivity index (χ3n) is 3.83. The second-order valence-corrected chi connectivity index (χ2v) is 6.65. The van der Waals surface area contributed by atoms with Crippen molar-refractivity contribution >= 4 is 0 Å². The summed E-state index contributed by atoms with van der Waals surface area (Å²) in [6, 6.07) is 0.641. The third kappa shape index (κ3) is 10.3. The van der Waals surface area contributed by atoms with Gasteiger partial charge in [-0.1, -0.05) is 13.8 Å². The highest BCUT2D eigenvalue weighted by Gasteiger charge is 2.20. The zero-order valence-corrected chi connectivity index (χ0v) is 13.5. The van der Waals surface area contributed by atoms with E-state index in [1.807, 2.05) is 0 Å². The van der Waals surface area contributed by atoms with Crippen LogP contribution in [0.1, 0.15) is 46.5 Å². The molecule has 0 bridgehead atoms. The summed E-state index contributed by atoms with van der Waals surface area (Å²) >= 11 is 0. The zero-order valence-electron chi connectivity index (χ0n) is 13.5. The lowest BCUT2D eigenvalue weighted by Crippen LogP contribution is -2.35. The van der Waals surface area contributed by atoms with Crippen LogP contribution in [0.15, 0.2) is 0 Å². The zero-order chi connectivity index (χ0) is 14.1. The van der Waals surface area contributed by atoms with Crippen LogP contribution in [-0.2, 0) is 4.74 Å². The van der Waals surface area contributed by atoms with E-state index in [4.69, 9.17) is 4.74 Å². The van der Waals surface area contributed by atoms with Crippen molar-refractivity contribution < 1.29 is 4.74 Å². The molecule has 1 N–H and O–H groups in total. The molecule has 0 saturated heterocycles. The quantitative estimate of drug-likeness (QED) is 0.552. The lowest BCUT2D eigenvalue weighted by Gasteiger charge is -2.19. The lowest BCUT2D eigenvalue weighted by molar-refractivity contribution is 0.103. The summed E-state index contributed by atoms with van der Waals surface area (Å²) in [5.41, 5.74) is 0. The van der Waals surface area contributed by atoms with Crippen molar-refractivity contribution in [1.82, 2.24) is 10.2 Å². The van der Waals surface area contributed by atoms with Gasteiger partial charge in [0.15, 0.2) is 0 Å². The van der Waals surface area contributed by atoms with E-state index in [9.17, 15) is 0 Å². The van der Waals surface area contributed by atoms with Crippen molar-refractivity contribution in [2.24, 2.45) is 11.8 Å². The van der Waals surface area contributed by atoms with Crippen LogP contribution in [0.25, 0.3) is 0 Å². The average molecular weight is 270 g/mol. The standard InChI is InChI=1S/C16H34N2O/c1-14(2)5-6-15(3)17-9-10-18(4)11-12-19-13-16-7-8-16/h14-17H,5-13H2,1-4H3. The Hall–Kier alpha value is -0.120. The highest BCUT2D eigenvalue weighted by atomic mass is 16.5. The maximum Gasteiger partial charge on any atom is 0.0593 e. The molecule has 1 saturated carbocycles. The molecule has 3 heteroatoms. The minimum absolute atomic E-state index is 0.641. The maximum absolute atomic E-state index is 5.66. The predicted molar refractivity (Wildman–Crippen MR) is 82.6 cm³/mol. The number of hydrogen-bond acceptors (Lipinski definition) is 3. The van der Waals surface area contributed by atoms with Gasteiger partial charge in [-0.2, -0.15) is 0 Å². The van der Waals surface area contributed by atoms with Crippen molar-refractivity contribution in [2.45, 2.75) is 52.5 Å². The van der Waals surface area contributed by atoms with Crippen LogP contribution in [0, 0.1) is 11.8 Å². The van der Waals surface area contributed by atoms with Gasteiger partial charge in [0.2, 0.25) is 0 Å². The molecule has 1 rings (SSSR count). The number of hydrogen-bond donors (Lipinski definition) is 1. The fraction of sp³-hybridized carbons (Fsp3) is 1.00. The van der Waals surface area contributed by atoms with Crippen LogP contribution >= 0.6 is 0 Å². The predicted octanol–water partition coefficient (Wildman–Crippen LogP) is 2.76. The van der Waals surface area contributed by atoms with E-state index in [1.54, 1.807) is 0 Å². The van der Waals surface area contributed by atoms with Crippen LogP contribution in [-0.4, -0.2) is 50.8 Å². The molecule has 0 heterocycles. The monoisotopic (exact) mass is 270 g/mol. The van der Waals surface area contributed by atoms with Crippen molar-refractivity contribution in [3.8, 4) is 0 Å². The summed E-state index contributed by atoms with van der Waals surface area (Å²) in [5.74, 6) is 1.70. The van der Waals surface area contributed by atoms with Gasteiger partial charge < -0.3 is 15.0 Å². The van der Waals surface area contributed by atoms with Crippen LogP contribution in [0.4, 0.5) is 0 Å². The molecule has 0 aromatic rings. The maximum atomic E-state index is 5.66. The second kappa shape index (κ2) is 9.73. The summed E-state index contributed by atoms with van der Waals surface area (Å²) in [5, 5.41) is 3.61. The highest BCUT2D eigenvalue weighted by molar-refractivity contribution is 4.72. The Kier molecular flexibility index (Phi) is 8.67. The number of nitrogens with one attached hydrogen (secondary N) is 1. The molecule has 0 spiro atoms. The summed E-state index contributed by atoms with van der Waals surface area (Å²) in [6.07, 6.45) is 5.37. The minimum Gasteiger partial charge on any atom is -0.380 e. The molecule has 1 unspecified atom stereocenters. The highest BCUT2D eigenvalue weighted by Crippen LogP contribution is 2.28. The molecule has 0 aromatic carbocycles. The minimum atomic E-state index is 0.641. The van der Waals surface area contributed by atoms with Crippen molar-refractivity contribution in [1.29, 1.82) is 0 Å². The summed E-state index contributed by atoms with van der Waals surface area (Å²) in [4.78, 5) is 2.36. The molecule has 0 amide bonds. The number of likely N-dealkylation sites (N-methyl/N-ethyl adjacent to an activating group) is 1. The molecule has 0 radical (unpaired) electrons. The fourth-order valence-corrected chi connectivity index (χ4v) is 2.05. The van der Waals surface area contributed by atoms with Gasteiger partial charge in [0.05, 0.1) is 6.61 Å². The summed E-state index contributed by atoms with van der Waals surface area (Å²) < 4.78 is 5.66. The Morgan fingerprint density at radius 1 is 1.16 bits per heavy atom. The van der Waals surface area contributed by atoms with E-state index < -0.39 is 0 Å². The third-order valence-corrected chi connectivity index (χ3v) is 3.83. The first-order valence-electron chi connectivity index (χ1n) is 8.07. The largest absolute Gasteiger partial charge is 0.380 e. The van der Waals surface area contributed by atoms with Crippen LogP contribution in [0.5, 0.6) is 0 Å². The van der Waals surface area contributed by atoms with E-state index in [0.717, 1.165) is 44.7 Å². The Bertz CT molecular complexity index is 217. The van der Waals surface area contributed by atoms with Crippen molar-refractivity contribution in [3.05, 3.63) is 0 Å². The molecule has 114 valence electrons. The average Bonchev–Trinajstić information content (AvgIpc) is 3.16. The molecule has 0 aromatic heterocycles. The SMILES string of the molecule is CC(C)CCC(C)NCCN(C)CCOCC1CC1. The lowest BCUT2D eigenvalue weighted by atomic mass is 10.0. The van der Waals surface area contributed by atoms with Crippen LogP contribution < -0.4 is 5.32 Å². The molecule has 1 fully saturated rings. The van der Waals surface area contributed by atoms with Gasteiger partial charge in [-0.3, -0.25) is 0 Å². The van der Waals surface area contributed by atoms with E-state index in [0.29, 0.717) is 6.04 Å². The molecule has 19 heavy (non-hydrogen) atoms.